The minimum absolute atomic E-state index is 0.167. The Labute approximate surface area is 183 Å². The summed E-state index contributed by atoms with van der Waals surface area (Å²) in [6.07, 6.45) is 5.20. The van der Waals surface area contributed by atoms with Crippen molar-refractivity contribution >= 4 is 26.8 Å². The molecule has 4 rings (SSSR count). The maximum absolute atomic E-state index is 13.3. The van der Waals surface area contributed by atoms with Crippen molar-refractivity contribution in [2.75, 3.05) is 33.4 Å². The molecule has 30 heavy (non-hydrogen) atoms. The minimum atomic E-state index is -0.354. The maximum atomic E-state index is 13.3. The van der Waals surface area contributed by atoms with Crippen LogP contribution in [-0.4, -0.2) is 48.2 Å². The van der Waals surface area contributed by atoms with Crippen LogP contribution in [0, 0.1) is 5.82 Å². The van der Waals surface area contributed by atoms with E-state index < -0.39 is 0 Å². The highest BCUT2D eigenvalue weighted by molar-refractivity contribution is 9.10. The number of nitrogens with zero attached hydrogens (tertiary/aromatic N) is 3. The van der Waals surface area contributed by atoms with Crippen molar-refractivity contribution in [2.24, 2.45) is 0 Å². The largest absolute Gasteiger partial charge is 0.493 e. The highest BCUT2D eigenvalue weighted by atomic mass is 79.9. The smallest absolute Gasteiger partial charge is 0.322 e. The van der Waals surface area contributed by atoms with Gasteiger partial charge in [-0.2, -0.15) is 4.98 Å². The number of likely N-dealkylation sites (tertiary alicyclic amines) is 1. The van der Waals surface area contributed by atoms with Gasteiger partial charge in [0.15, 0.2) is 11.5 Å². The second kappa shape index (κ2) is 9.57. The van der Waals surface area contributed by atoms with Crippen molar-refractivity contribution in [1.29, 1.82) is 0 Å². The van der Waals surface area contributed by atoms with Crippen LogP contribution in [0.1, 0.15) is 19.3 Å². The van der Waals surface area contributed by atoms with E-state index >= 15 is 0 Å². The summed E-state index contributed by atoms with van der Waals surface area (Å²) in [5, 5.41) is 0.807. The number of aromatic nitrogens is 2. The molecule has 3 aromatic rings. The fourth-order valence-electron chi connectivity index (χ4n) is 3.48. The third-order valence-electron chi connectivity index (χ3n) is 5.01. The van der Waals surface area contributed by atoms with Crippen LogP contribution < -0.4 is 14.2 Å². The monoisotopic (exact) mass is 475 g/mol. The number of hydrogen-bond acceptors (Lipinski definition) is 6. The molecular weight excluding hydrogens is 453 g/mol. The molecule has 1 fully saturated rings. The average molecular weight is 476 g/mol. The first kappa shape index (κ1) is 20.8. The molecule has 0 atom stereocenters. The zero-order valence-corrected chi connectivity index (χ0v) is 18.3. The molecule has 1 saturated heterocycles. The molecule has 158 valence electrons. The van der Waals surface area contributed by atoms with Gasteiger partial charge in [0.1, 0.15) is 11.6 Å². The summed E-state index contributed by atoms with van der Waals surface area (Å²) >= 11 is 3.28. The second-order valence-electron chi connectivity index (χ2n) is 7.14. The molecule has 0 radical (unpaired) electrons. The number of hydrogen-bond donors (Lipinski definition) is 0. The van der Waals surface area contributed by atoms with Gasteiger partial charge in [-0.05, 0) is 72.5 Å². The van der Waals surface area contributed by atoms with Gasteiger partial charge in [-0.15, -0.1) is 0 Å². The van der Waals surface area contributed by atoms with Crippen LogP contribution in [0.25, 0.3) is 10.9 Å². The van der Waals surface area contributed by atoms with Gasteiger partial charge in [-0.25, -0.2) is 9.37 Å². The van der Waals surface area contributed by atoms with Crippen LogP contribution in [0.3, 0.4) is 0 Å². The van der Waals surface area contributed by atoms with E-state index in [9.17, 15) is 4.39 Å². The molecule has 0 spiro atoms. The normalized spacial score (nSPS) is 14.2. The van der Waals surface area contributed by atoms with Crippen molar-refractivity contribution in [3.8, 4) is 23.3 Å². The first-order chi connectivity index (χ1) is 14.6. The van der Waals surface area contributed by atoms with E-state index in [1.807, 2.05) is 12.1 Å². The number of benzene rings is 2. The molecule has 0 amide bonds. The zero-order chi connectivity index (χ0) is 20.9. The first-order valence-corrected chi connectivity index (χ1v) is 10.7. The van der Waals surface area contributed by atoms with E-state index in [1.54, 1.807) is 13.3 Å². The molecule has 0 aliphatic carbocycles. The Kier molecular flexibility index (Phi) is 6.64. The molecule has 1 aliphatic heterocycles. The summed E-state index contributed by atoms with van der Waals surface area (Å²) in [7, 11) is 1.61. The Hall–Kier alpha value is -2.45. The van der Waals surface area contributed by atoms with E-state index in [1.165, 1.54) is 44.1 Å². The lowest BCUT2D eigenvalue weighted by Crippen LogP contribution is -2.21. The van der Waals surface area contributed by atoms with Crippen LogP contribution in [0.5, 0.6) is 23.3 Å². The number of ether oxygens (including phenoxy) is 3. The van der Waals surface area contributed by atoms with E-state index in [0.29, 0.717) is 33.8 Å². The van der Waals surface area contributed by atoms with Crippen LogP contribution >= 0.6 is 15.9 Å². The van der Waals surface area contributed by atoms with Gasteiger partial charge in [0.25, 0.3) is 0 Å². The van der Waals surface area contributed by atoms with Gasteiger partial charge in [0.2, 0.25) is 0 Å². The molecule has 0 N–H and O–H groups in total. The first-order valence-electron chi connectivity index (χ1n) is 9.95. The lowest BCUT2D eigenvalue weighted by molar-refractivity contribution is 0.254. The molecule has 6 nitrogen and oxygen atoms in total. The lowest BCUT2D eigenvalue weighted by Gasteiger charge is -2.15. The van der Waals surface area contributed by atoms with Crippen molar-refractivity contribution in [1.82, 2.24) is 14.9 Å². The summed E-state index contributed by atoms with van der Waals surface area (Å²) in [5.41, 5.74) is 0.675. The summed E-state index contributed by atoms with van der Waals surface area (Å²) < 4.78 is 30.9. The number of rotatable bonds is 8. The molecule has 8 heteroatoms. The summed E-state index contributed by atoms with van der Waals surface area (Å²) in [5.74, 6) is 1.36. The minimum Gasteiger partial charge on any atom is -0.493 e. The number of methoxy groups -OCH3 is 1. The molecule has 1 aliphatic rings. The van der Waals surface area contributed by atoms with Gasteiger partial charge in [0, 0.05) is 24.2 Å². The average Bonchev–Trinajstić information content (AvgIpc) is 3.26. The standard InChI is InChI=1S/C22H23BrFN3O3/c1-28-20-11-15-14-25-22(30-19-6-5-16(24)12-17(19)23)26-18(15)13-21(20)29-10-4-9-27-7-2-3-8-27/h5-6,11-14H,2-4,7-10H2,1H3. The predicted molar refractivity (Wildman–Crippen MR) is 116 cm³/mol. The van der Waals surface area contributed by atoms with Gasteiger partial charge in [0.05, 0.1) is 23.7 Å². The Bertz CT molecular complexity index is 1030. The van der Waals surface area contributed by atoms with E-state index in [2.05, 4.69) is 30.8 Å². The summed E-state index contributed by atoms with van der Waals surface area (Å²) in [4.78, 5) is 11.2. The Morgan fingerprint density at radius 3 is 2.70 bits per heavy atom. The molecule has 0 saturated carbocycles. The van der Waals surface area contributed by atoms with Gasteiger partial charge < -0.3 is 19.1 Å². The van der Waals surface area contributed by atoms with Crippen molar-refractivity contribution < 1.29 is 18.6 Å². The topological polar surface area (TPSA) is 56.7 Å². The maximum Gasteiger partial charge on any atom is 0.322 e. The van der Waals surface area contributed by atoms with Crippen molar-refractivity contribution in [3.63, 3.8) is 0 Å². The van der Waals surface area contributed by atoms with Crippen molar-refractivity contribution in [3.05, 3.63) is 46.8 Å². The zero-order valence-electron chi connectivity index (χ0n) is 16.7. The lowest BCUT2D eigenvalue weighted by atomic mass is 10.2. The summed E-state index contributed by atoms with van der Waals surface area (Å²) in [6, 6.07) is 8.02. The van der Waals surface area contributed by atoms with Crippen molar-refractivity contribution in [2.45, 2.75) is 19.3 Å². The molecular formula is C22H23BrFN3O3. The fourth-order valence-corrected chi connectivity index (χ4v) is 3.91. The molecule has 1 aromatic heterocycles. The predicted octanol–water partition coefficient (Wildman–Crippen LogP) is 5.20. The van der Waals surface area contributed by atoms with Crippen LogP contribution in [0.4, 0.5) is 4.39 Å². The second-order valence-corrected chi connectivity index (χ2v) is 8.00. The van der Waals surface area contributed by atoms with Crippen LogP contribution in [0.2, 0.25) is 0 Å². The van der Waals surface area contributed by atoms with Gasteiger partial charge in [-0.3, -0.25) is 0 Å². The van der Waals surface area contributed by atoms with E-state index in [4.69, 9.17) is 14.2 Å². The number of halogens is 2. The molecule has 2 aromatic carbocycles. The Morgan fingerprint density at radius 2 is 1.93 bits per heavy atom. The Balaban J connectivity index is 1.48. The fraction of sp³-hybridized carbons (Fsp3) is 0.364. The van der Waals surface area contributed by atoms with Gasteiger partial charge in [-0.1, -0.05) is 0 Å². The SMILES string of the molecule is COc1cc2cnc(Oc3ccc(F)cc3Br)nc2cc1OCCCN1CCCC1. The highest BCUT2D eigenvalue weighted by Crippen LogP contribution is 2.33. The number of fused-ring (bicyclic) bond motifs is 1. The molecule has 0 unspecified atom stereocenters. The Morgan fingerprint density at radius 1 is 1.10 bits per heavy atom. The van der Waals surface area contributed by atoms with Crippen LogP contribution in [0.15, 0.2) is 41.0 Å². The highest BCUT2D eigenvalue weighted by Gasteiger charge is 2.13. The molecule has 2 heterocycles. The van der Waals surface area contributed by atoms with E-state index in [-0.39, 0.29) is 11.8 Å². The van der Waals surface area contributed by atoms with Crippen LogP contribution in [-0.2, 0) is 0 Å². The molecule has 0 bridgehead atoms. The third kappa shape index (κ3) is 4.99. The van der Waals surface area contributed by atoms with Gasteiger partial charge >= 0.3 is 6.01 Å². The summed E-state index contributed by atoms with van der Waals surface area (Å²) in [6.45, 7) is 4.02. The third-order valence-corrected chi connectivity index (χ3v) is 5.63. The van der Waals surface area contributed by atoms with E-state index in [0.717, 1.165) is 18.4 Å². The quantitative estimate of drug-likeness (QED) is 0.417.